The smallest absolute Gasteiger partial charge is 0.192 e. The van der Waals surface area contributed by atoms with Crippen LogP contribution in [0.25, 0.3) is 0 Å². The average Bonchev–Trinajstić information content (AvgIpc) is 2.24. The van der Waals surface area contributed by atoms with Crippen molar-refractivity contribution in [1.29, 1.82) is 0 Å². The van der Waals surface area contributed by atoms with Gasteiger partial charge in [-0.15, -0.1) is 6.58 Å². The van der Waals surface area contributed by atoms with Crippen LogP contribution in [0.3, 0.4) is 0 Å². The van der Waals surface area contributed by atoms with Crippen LogP contribution in [-0.2, 0) is 4.43 Å². The summed E-state index contributed by atoms with van der Waals surface area (Å²) >= 11 is 5.86. The maximum atomic E-state index is 6.50. The van der Waals surface area contributed by atoms with Crippen molar-refractivity contribution >= 4 is 46.8 Å². The normalized spacial score (nSPS) is 15.4. The highest BCUT2D eigenvalue weighted by atomic mass is 127. The Hall–Kier alpha value is 0.867. The maximum Gasteiger partial charge on any atom is 0.192 e. The molecule has 0 aromatic heterocycles. The van der Waals surface area contributed by atoms with E-state index >= 15 is 0 Å². The van der Waals surface area contributed by atoms with Crippen LogP contribution < -0.4 is 0 Å². The van der Waals surface area contributed by atoms with Gasteiger partial charge in [-0.1, -0.05) is 48.9 Å². The summed E-state index contributed by atoms with van der Waals surface area (Å²) in [5.41, 5.74) is 0. The van der Waals surface area contributed by atoms with Crippen molar-refractivity contribution in [3.63, 3.8) is 0 Å². The fraction of sp³-hybridized carbons (Fsp3) is 0.733. The molecule has 0 saturated carbocycles. The van der Waals surface area contributed by atoms with Crippen molar-refractivity contribution in [2.75, 3.05) is 5.33 Å². The van der Waals surface area contributed by atoms with E-state index in [1.54, 1.807) is 0 Å². The summed E-state index contributed by atoms with van der Waals surface area (Å²) in [5.74, 6) is 0. The Kier molecular flexibility index (Phi) is 9.41. The van der Waals surface area contributed by atoms with E-state index in [1.165, 1.54) is 3.58 Å². The molecule has 0 N–H and O–H groups in total. The van der Waals surface area contributed by atoms with Crippen LogP contribution in [0.5, 0.6) is 0 Å². The molecule has 0 aromatic rings. The van der Waals surface area contributed by atoms with Gasteiger partial charge in [0.15, 0.2) is 8.32 Å². The monoisotopic (exact) mass is 458 g/mol. The van der Waals surface area contributed by atoms with Gasteiger partial charge in [-0.2, -0.15) is 0 Å². The number of hydrogen-bond acceptors (Lipinski definition) is 1. The summed E-state index contributed by atoms with van der Waals surface area (Å²) in [6, 6.07) is 0. The summed E-state index contributed by atoms with van der Waals surface area (Å²) in [7, 11) is -1.67. The summed E-state index contributed by atoms with van der Waals surface area (Å²) in [6.07, 6.45) is 7.65. The third-order valence-electron chi connectivity index (χ3n) is 3.70. The Morgan fingerprint density at radius 2 is 2.00 bits per heavy atom. The van der Waals surface area contributed by atoms with Crippen molar-refractivity contribution in [3.05, 3.63) is 22.3 Å². The molecule has 4 heteroatoms. The number of alkyl halides is 1. The number of halogens is 2. The fourth-order valence-electron chi connectivity index (χ4n) is 1.49. The molecule has 0 bridgehead atoms. The maximum absolute atomic E-state index is 6.50. The SMILES string of the molecule is C=CC[C@H](CC/C(I)=C/CBr)O[Si](C)(C)C(C)(C)C. The molecule has 0 unspecified atom stereocenters. The van der Waals surface area contributed by atoms with Crippen LogP contribution in [-0.4, -0.2) is 19.8 Å². The molecule has 0 fully saturated rings. The quantitative estimate of drug-likeness (QED) is 0.176. The van der Waals surface area contributed by atoms with E-state index < -0.39 is 8.32 Å². The van der Waals surface area contributed by atoms with Crippen molar-refractivity contribution < 1.29 is 4.43 Å². The van der Waals surface area contributed by atoms with Gasteiger partial charge in [0.2, 0.25) is 0 Å². The lowest BCUT2D eigenvalue weighted by atomic mass is 10.1. The predicted octanol–water partition coefficient (Wildman–Crippen LogP) is 6.45. The number of allylic oxidation sites excluding steroid dienone is 2. The lowest BCUT2D eigenvalue weighted by Gasteiger charge is -2.39. The first-order valence-electron chi connectivity index (χ1n) is 6.83. The predicted molar refractivity (Wildman–Crippen MR) is 102 cm³/mol. The van der Waals surface area contributed by atoms with Gasteiger partial charge in [0.05, 0.1) is 0 Å². The third kappa shape index (κ3) is 8.02. The first kappa shape index (κ1) is 19.9. The van der Waals surface area contributed by atoms with Gasteiger partial charge in [0, 0.05) is 11.4 Å². The first-order valence-corrected chi connectivity index (χ1v) is 11.9. The van der Waals surface area contributed by atoms with Gasteiger partial charge >= 0.3 is 0 Å². The van der Waals surface area contributed by atoms with Crippen molar-refractivity contribution in [3.8, 4) is 0 Å². The molecule has 1 nitrogen and oxygen atoms in total. The zero-order valence-electron chi connectivity index (χ0n) is 12.9. The molecule has 0 heterocycles. The standard InChI is InChI=1S/C15H28BrIOSi/c1-7-8-14(10-9-13(17)11-12-16)18-19(5,6)15(2,3)4/h7,11,14H,1,8-10,12H2,2-6H3/b13-11-/t14-/m1/s1. The second-order valence-electron chi connectivity index (χ2n) is 6.37. The highest BCUT2D eigenvalue weighted by Crippen LogP contribution is 2.38. The fourth-order valence-corrected chi connectivity index (χ4v) is 4.42. The minimum Gasteiger partial charge on any atom is -0.414 e. The Bertz CT molecular complexity index is 308. The highest BCUT2D eigenvalue weighted by Gasteiger charge is 2.38. The molecule has 0 amide bonds. The van der Waals surface area contributed by atoms with E-state index in [1.807, 2.05) is 6.08 Å². The molecular formula is C15H28BrIOSi. The van der Waals surface area contributed by atoms with Gasteiger partial charge in [0.25, 0.3) is 0 Å². The summed E-state index contributed by atoms with van der Waals surface area (Å²) in [5, 5.41) is 1.20. The summed E-state index contributed by atoms with van der Waals surface area (Å²) < 4.78 is 7.90. The lowest BCUT2D eigenvalue weighted by Crippen LogP contribution is -2.43. The third-order valence-corrected chi connectivity index (χ3v) is 9.54. The van der Waals surface area contributed by atoms with Crippen molar-refractivity contribution in [2.45, 2.75) is 64.3 Å². The highest BCUT2D eigenvalue weighted by molar-refractivity contribution is 14.1. The average molecular weight is 459 g/mol. The number of rotatable bonds is 8. The van der Waals surface area contributed by atoms with Crippen molar-refractivity contribution in [2.24, 2.45) is 0 Å². The lowest BCUT2D eigenvalue weighted by molar-refractivity contribution is 0.175. The zero-order valence-corrected chi connectivity index (χ0v) is 17.7. The molecule has 0 spiro atoms. The summed E-state index contributed by atoms with van der Waals surface area (Å²) in [6.45, 7) is 15.4. The van der Waals surface area contributed by atoms with Gasteiger partial charge in [0.1, 0.15) is 0 Å². The van der Waals surface area contributed by atoms with E-state index in [4.69, 9.17) is 4.43 Å². The first-order chi connectivity index (χ1) is 8.64. The molecule has 0 aliphatic rings. The zero-order chi connectivity index (χ0) is 15.1. The van der Waals surface area contributed by atoms with Crippen LogP contribution in [0, 0.1) is 0 Å². The van der Waals surface area contributed by atoms with Crippen LogP contribution >= 0.6 is 38.5 Å². The van der Waals surface area contributed by atoms with Gasteiger partial charge in [-0.05, 0) is 63.6 Å². The van der Waals surface area contributed by atoms with E-state index in [9.17, 15) is 0 Å². The Morgan fingerprint density at radius 1 is 1.42 bits per heavy atom. The molecule has 0 aliphatic carbocycles. The summed E-state index contributed by atoms with van der Waals surface area (Å²) in [4.78, 5) is 0. The molecule has 0 saturated heterocycles. The Morgan fingerprint density at radius 3 is 2.42 bits per heavy atom. The second kappa shape index (κ2) is 9.00. The molecule has 112 valence electrons. The molecule has 1 atom stereocenters. The topological polar surface area (TPSA) is 9.23 Å². The van der Waals surface area contributed by atoms with Crippen LogP contribution in [0.1, 0.15) is 40.0 Å². The van der Waals surface area contributed by atoms with Crippen LogP contribution in [0.4, 0.5) is 0 Å². The van der Waals surface area contributed by atoms with E-state index in [0.29, 0.717) is 6.10 Å². The molecule has 0 aliphatic heterocycles. The molecular weight excluding hydrogens is 431 g/mol. The van der Waals surface area contributed by atoms with Crippen LogP contribution in [0.2, 0.25) is 18.1 Å². The number of hydrogen-bond donors (Lipinski definition) is 0. The van der Waals surface area contributed by atoms with Crippen molar-refractivity contribution in [1.82, 2.24) is 0 Å². The van der Waals surface area contributed by atoms with Crippen LogP contribution in [0.15, 0.2) is 22.3 Å². The van der Waals surface area contributed by atoms with E-state index in [-0.39, 0.29) is 5.04 Å². The minimum atomic E-state index is -1.67. The largest absolute Gasteiger partial charge is 0.414 e. The minimum absolute atomic E-state index is 0.269. The Labute approximate surface area is 142 Å². The molecule has 0 aromatic carbocycles. The van der Waals surface area contributed by atoms with Gasteiger partial charge in [-0.3, -0.25) is 0 Å². The Balaban J connectivity index is 4.58. The van der Waals surface area contributed by atoms with Gasteiger partial charge in [-0.25, -0.2) is 0 Å². The molecule has 0 rings (SSSR count). The molecule has 0 radical (unpaired) electrons. The van der Waals surface area contributed by atoms with E-state index in [2.05, 4.69) is 85.0 Å². The molecule has 19 heavy (non-hydrogen) atoms. The van der Waals surface area contributed by atoms with E-state index in [0.717, 1.165) is 24.6 Å². The second-order valence-corrected chi connectivity index (χ2v) is 13.2. The van der Waals surface area contributed by atoms with Gasteiger partial charge < -0.3 is 4.43 Å².